The largest absolute Gasteiger partial charge is 0.392 e. The SMILES string of the molecule is CC(C)C(O)C(C)(C)CNC(=O)c1cccnc1Cl. The van der Waals surface area contributed by atoms with Gasteiger partial charge in [-0.3, -0.25) is 4.79 Å². The third-order valence-corrected chi connectivity index (χ3v) is 3.44. The molecule has 1 rings (SSSR count). The monoisotopic (exact) mass is 284 g/mol. The fourth-order valence-corrected chi connectivity index (χ4v) is 2.17. The molecule has 1 atom stereocenters. The van der Waals surface area contributed by atoms with Crippen molar-refractivity contribution >= 4 is 17.5 Å². The van der Waals surface area contributed by atoms with Gasteiger partial charge in [0, 0.05) is 18.2 Å². The summed E-state index contributed by atoms with van der Waals surface area (Å²) in [6.07, 6.45) is 1.04. The summed E-state index contributed by atoms with van der Waals surface area (Å²) >= 11 is 5.86. The van der Waals surface area contributed by atoms with Crippen LogP contribution >= 0.6 is 11.6 Å². The van der Waals surface area contributed by atoms with Gasteiger partial charge in [0.2, 0.25) is 0 Å². The molecule has 1 aromatic rings. The van der Waals surface area contributed by atoms with Crippen LogP contribution in [0.3, 0.4) is 0 Å². The number of aliphatic hydroxyl groups excluding tert-OH is 1. The van der Waals surface area contributed by atoms with E-state index in [1.165, 1.54) is 6.20 Å². The fourth-order valence-electron chi connectivity index (χ4n) is 1.97. The topological polar surface area (TPSA) is 62.2 Å². The normalized spacial score (nSPS) is 13.4. The van der Waals surface area contributed by atoms with E-state index in [-0.39, 0.29) is 17.0 Å². The molecule has 1 amide bonds. The molecule has 1 aromatic heterocycles. The van der Waals surface area contributed by atoms with Crippen molar-refractivity contribution in [3.63, 3.8) is 0 Å². The van der Waals surface area contributed by atoms with Crippen LogP contribution in [0.2, 0.25) is 5.15 Å². The third kappa shape index (κ3) is 4.18. The van der Waals surface area contributed by atoms with Gasteiger partial charge in [-0.25, -0.2) is 4.98 Å². The Labute approximate surface area is 119 Å². The van der Waals surface area contributed by atoms with Crippen molar-refractivity contribution in [3.05, 3.63) is 29.0 Å². The summed E-state index contributed by atoms with van der Waals surface area (Å²) in [5.41, 5.74) is -0.0580. The Bertz CT molecular complexity index is 447. The Hall–Kier alpha value is -1.13. The highest BCUT2D eigenvalue weighted by molar-refractivity contribution is 6.32. The first-order valence-corrected chi connectivity index (χ1v) is 6.70. The van der Waals surface area contributed by atoms with Gasteiger partial charge in [-0.1, -0.05) is 39.3 Å². The second-order valence-corrected chi connectivity index (χ2v) is 6.06. The minimum atomic E-state index is -0.489. The number of nitrogens with one attached hydrogen (secondary N) is 1. The molecule has 0 bridgehead atoms. The van der Waals surface area contributed by atoms with Crippen molar-refractivity contribution < 1.29 is 9.90 Å². The van der Waals surface area contributed by atoms with Gasteiger partial charge in [-0.05, 0) is 18.1 Å². The van der Waals surface area contributed by atoms with Crippen LogP contribution in [-0.2, 0) is 0 Å². The van der Waals surface area contributed by atoms with E-state index in [0.29, 0.717) is 12.1 Å². The maximum atomic E-state index is 12.0. The van der Waals surface area contributed by atoms with E-state index in [4.69, 9.17) is 11.6 Å². The average molecular weight is 285 g/mol. The van der Waals surface area contributed by atoms with E-state index >= 15 is 0 Å². The van der Waals surface area contributed by atoms with Gasteiger partial charge in [0.05, 0.1) is 11.7 Å². The molecule has 0 fully saturated rings. The van der Waals surface area contributed by atoms with E-state index in [9.17, 15) is 9.90 Å². The van der Waals surface area contributed by atoms with Crippen molar-refractivity contribution in [1.29, 1.82) is 0 Å². The van der Waals surface area contributed by atoms with Crippen LogP contribution in [0.25, 0.3) is 0 Å². The first-order chi connectivity index (χ1) is 8.75. The van der Waals surface area contributed by atoms with E-state index in [1.807, 2.05) is 27.7 Å². The average Bonchev–Trinajstić information content (AvgIpc) is 2.35. The number of carbonyl (C=O) groups excluding carboxylic acids is 1. The highest BCUT2D eigenvalue weighted by Gasteiger charge is 2.30. The Morgan fingerprint density at radius 2 is 2.16 bits per heavy atom. The summed E-state index contributed by atoms with van der Waals surface area (Å²) in [5, 5.41) is 13.1. The molecule has 5 heteroatoms. The van der Waals surface area contributed by atoms with Gasteiger partial charge in [-0.15, -0.1) is 0 Å². The molecule has 0 spiro atoms. The van der Waals surface area contributed by atoms with Crippen molar-refractivity contribution in [2.45, 2.75) is 33.8 Å². The lowest BCUT2D eigenvalue weighted by Crippen LogP contribution is -2.43. The first-order valence-electron chi connectivity index (χ1n) is 6.32. The molecular weight excluding hydrogens is 264 g/mol. The molecule has 0 aliphatic heterocycles. The first kappa shape index (κ1) is 15.9. The standard InChI is InChI=1S/C14H21ClN2O2/c1-9(2)11(18)14(3,4)8-17-13(19)10-6-5-7-16-12(10)15/h5-7,9,11,18H,8H2,1-4H3,(H,17,19). The molecule has 0 saturated carbocycles. The Morgan fingerprint density at radius 3 is 2.68 bits per heavy atom. The Morgan fingerprint density at radius 1 is 1.53 bits per heavy atom. The zero-order valence-corrected chi connectivity index (χ0v) is 12.5. The molecule has 4 nitrogen and oxygen atoms in total. The third-order valence-electron chi connectivity index (χ3n) is 3.14. The molecule has 1 unspecified atom stereocenters. The summed E-state index contributed by atoms with van der Waals surface area (Å²) in [5.74, 6) is -0.143. The summed E-state index contributed by atoms with van der Waals surface area (Å²) < 4.78 is 0. The molecule has 0 radical (unpaired) electrons. The number of carbonyl (C=O) groups is 1. The lowest BCUT2D eigenvalue weighted by Gasteiger charge is -2.33. The maximum absolute atomic E-state index is 12.0. The molecule has 106 valence electrons. The van der Waals surface area contributed by atoms with Gasteiger partial charge in [0.25, 0.3) is 5.91 Å². The molecule has 0 aromatic carbocycles. The zero-order valence-electron chi connectivity index (χ0n) is 11.8. The number of aliphatic hydroxyl groups is 1. The second-order valence-electron chi connectivity index (χ2n) is 5.70. The van der Waals surface area contributed by atoms with Crippen LogP contribution < -0.4 is 5.32 Å². The molecule has 1 heterocycles. The molecule has 0 aliphatic carbocycles. The van der Waals surface area contributed by atoms with Gasteiger partial charge >= 0.3 is 0 Å². The van der Waals surface area contributed by atoms with Gasteiger partial charge < -0.3 is 10.4 Å². The van der Waals surface area contributed by atoms with Crippen LogP contribution in [0.4, 0.5) is 0 Å². The predicted molar refractivity (Wildman–Crippen MR) is 76.2 cm³/mol. The van der Waals surface area contributed by atoms with Crippen LogP contribution in [0.1, 0.15) is 38.1 Å². The summed E-state index contributed by atoms with van der Waals surface area (Å²) in [4.78, 5) is 15.9. The van der Waals surface area contributed by atoms with Crippen LogP contribution in [0.5, 0.6) is 0 Å². The number of halogens is 1. The number of hydrogen-bond acceptors (Lipinski definition) is 3. The smallest absolute Gasteiger partial charge is 0.254 e. The van der Waals surface area contributed by atoms with Crippen LogP contribution in [0, 0.1) is 11.3 Å². The van der Waals surface area contributed by atoms with Gasteiger partial charge in [0.15, 0.2) is 0 Å². The molecule has 2 N–H and O–H groups in total. The van der Waals surface area contributed by atoms with Gasteiger partial charge in [0.1, 0.15) is 5.15 Å². The highest BCUT2D eigenvalue weighted by atomic mass is 35.5. The van der Waals surface area contributed by atoms with Crippen LogP contribution in [-0.4, -0.2) is 28.6 Å². The molecular formula is C14H21ClN2O2. The summed E-state index contributed by atoms with van der Waals surface area (Å²) in [7, 11) is 0. The van der Waals surface area contributed by atoms with E-state index in [1.54, 1.807) is 12.1 Å². The fraction of sp³-hybridized carbons (Fsp3) is 0.571. The maximum Gasteiger partial charge on any atom is 0.254 e. The van der Waals surface area contributed by atoms with Gasteiger partial charge in [-0.2, -0.15) is 0 Å². The van der Waals surface area contributed by atoms with Crippen molar-refractivity contribution in [2.24, 2.45) is 11.3 Å². The Balaban J connectivity index is 2.67. The van der Waals surface area contributed by atoms with E-state index in [2.05, 4.69) is 10.3 Å². The number of rotatable bonds is 5. The van der Waals surface area contributed by atoms with E-state index < -0.39 is 11.5 Å². The molecule has 0 saturated heterocycles. The lowest BCUT2D eigenvalue weighted by molar-refractivity contribution is 0.0138. The minimum Gasteiger partial charge on any atom is -0.392 e. The number of aromatic nitrogens is 1. The minimum absolute atomic E-state index is 0.133. The molecule has 0 aliphatic rings. The Kier molecular flexibility index (Phi) is 5.32. The van der Waals surface area contributed by atoms with Crippen LogP contribution in [0.15, 0.2) is 18.3 Å². The predicted octanol–water partition coefficient (Wildman–Crippen LogP) is 2.51. The van der Waals surface area contributed by atoms with Crippen molar-refractivity contribution in [1.82, 2.24) is 10.3 Å². The van der Waals surface area contributed by atoms with Crippen molar-refractivity contribution in [3.8, 4) is 0 Å². The number of nitrogens with zero attached hydrogens (tertiary/aromatic N) is 1. The highest BCUT2D eigenvalue weighted by Crippen LogP contribution is 2.25. The quantitative estimate of drug-likeness (QED) is 0.817. The number of pyridine rings is 1. The molecule has 19 heavy (non-hydrogen) atoms. The summed E-state index contributed by atoms with van der Waals surface area (Å²) in [6, 6.07) is 3.28. The van der Waals surface area contributed by atoms with E-state index in [0.717, 1.165) is 0 Å². The summed E-state index contributed by atoms with van der Waals surface area (Å²) in [6.45, 7) is 8.11. The number of amides is 1. The number of hydrogen-bond donors (Lipinski definition) is 2. The zero-order chi connectivity index (χ0) is 14.6. The second kappa shape index (κ2) is 6.35. The lowest BCUT2D eigenvalue weighted by atomic mass is 9.80. The van der Waals surface area contributed by atoms with Crippen molar-refractivity contribution in [2.75, 3.05) is 6.54 Å².